The van der Waals surface area contributed by atoms with E-state index < -0.39 is 6.04 Å². The molecule has 0 spiro atoms. The number of hydrogen-bond donors (Lipinski definition) is 3. The molecule has 1 atom stereocenters. The van der Waals surface area contributed by atoms with E-state index in [0.717, 1.165) is 33.3 Å². The highest BCUT2D eigenvalue weighted by Crippen LogP contribution is 2.26. The van der Waals surface area contributed by atoms with Crippen LogP contribution in [0.25, 0.3) is 22.0 Å². The molecule has 0 aliphatic rings. The second kappa shape index (κ2) is 8.39. The van der Waals surface area contributed by atoms with Crippen molar-refractivity contribution < 1.29 is 14.6 Å². The third kappa shape index (κ3) is 3.90. The van der Waals surface area contributed by atoms with Gasteiger partial charge in [0, 0.05) is 10.9 Å². The van der Waals surface area contributed by atoms with Gasteiger partial charge in [-0.15, -0.1) is 0 Å². The zero-order valence-electron chi connectivity index (χ0n) is 16.8. The van der Waals surface area contributed by atoms with Crippen LogP contribution in [0.4, 0.5) is 0 Å². The van der Waals surface area contributed by atoms with Crippen LogP contribution in [0.1, 0.15) is 27.7 Å². The molecule has 0 saturated heterocycles. The molecule has 4 aromatic rings. The van der Waals surface area contributed by atoms with Gasteiger partial charge in [-0.25, -0.2) is 0 Å². The van der Waals surface area contributed by atoms with E-state index in [4.69, 9.17) is 4.74 Å². The average Bonchev–Trinajstić information content (AvgIpc) is 3.17. The van der Waals surface area contributed by atoms with Gasteiger partial charge >= 0.3 is 0 Å². The predicted octanol–water partition coefficient (Wildman–Crippen LogP) is 4.01. The maximum absolute atomic E-state index is 12.9. The van der Waals surface area contributed by atoms with E-state index in [0.29, 0.717) is 11.3 Å². The van der Waals surface area contributed by atoms with Gasteiger partial charge in [0.15, 0.2) is 0 Å². The van der Waals surface area contributed by atoms with Crippen LogP contribution in [-0.4, -0.2) is 34.9 Å². The summed E-state index contributed by atoms with van der Waals surface area (Å²) in [5.41, 5.74) is 5.17. The van der Waals surface area contributed by atoms with Crippen molar-refractivity contribution >= 4 is 16.8 Å². The summed E-state index contributed by atoms with van der Waals surface area (Å²) in [6.45, 7) is 1.75. The van der Waals surface area contributed by atoms with E-state index in [1.165, 1.54) is 0 Å². The Morgan fingerprint density at radius 3 is 2.70 bits per heavy atom. The number of ether oxygens (including phenoxy) is 1. The molecule has 4 rings (SSSR count). The molecule has 6 heteroatoms. The van der Waals surface area contributed by atoms with Crippen molar-refractivity contribution in [3.8, 4) is 16.9 Å². The Hall–Kier alpha value is -3.64. The van der Waals surface area contributed by atoms with Crippen LogP contribution in [0.2, 0.25) is 0 Å². The molecule has 3 N–H and O–H groups in total. The first-order valence-corrected chi connectivity index (χ1v) is 9.70. The highest BCUT2D eigenvalue weighted by atomic mass is 16.5. The monoisotopic (exact) mass is 401 g/mol. The summed E-state index contributed by atoms with van der Waals surface area (Å²) in [4.78, 5) is 12.9. The number of H-pyrrole nitrogens is 1. The summed E-state index contributed by atoms with van der Waals surface area (Å²) in [7, 11) is 1.58. The lowest BCUT2D eigenvalue weighted by molar-refractivity contribution is 0.0916. The molecule has 0 bridgehead atoms. The Balaban J connectivity index is 1.59. The number of aryl methyl sites for hydroxylation is 1. The smallest absolute Gasteiger partial charge is 0.251 e. The SMILES string of the molecule is COc1cccc([C@@H](CO)NC(=O)c2cccc(-c3ccc4[nH]nc(C)c4c3)c2)c1. The number of carbonyl (C=O) groups is 1. The zero-order chi connectivity index (χ0) is 21.1. The fraction of sp³-hybridized carbons (Fsp3) is 0.167. The molecule has 1 aromatic heterocycles. The Bertz CT molecular complexity index is 1200. The number of amides is 1. The maximum atomic E-state index is 12.9. The summed E-state index contributed by atoms with van der Waals surface area (Å²) in [6.07, 6.45) is 0. The van der Waals surface area contributed by atoms with Gasteiger partial charge in [0.25, 0.3) is 5.91 Å². The number of aliphatic hydroxyl groups is 1. The first-order chi connectivity index (χ1) is 14.6. The third-order valence-electron chi connectivity index (χ3n) is 5.20. The third-order valence-corrected chi connectivity index (χ3v) is 5.20. The fourth-order valence-electron chi connectivity index (χ4n) is 3.50. The minimum Gasteiger partial charge on any atom is -0.497 e. The van der Waals surface area contributed by atoms with Gasteiger partial charge in [-0.3, -0.25) is 9.89 Å². The minimum absolute atomic E-state index is 0.213. The van der Waals surface area contributed by atoms with Crippen LogP contribution in [0.15, 0.2) is 66.7 Å². The van der Waals surface area contributed by atoms with Gasteiger partial charge in [0.2, 0.25) is 0 Å². The number of carbonyl (C=O) groups excluding carboxylic acids is 1. The van der Waals surface area contributed by atoms with Gasteiger partial charge in [-0.2, -0.15) is 5.10 Å². The molecule has 30 heavy (non-hydrogen) atoms. The minimum atomic E-state index is -0.527. The molecule has 3 aromatic carbocycles. The molecular weight excluding hydrogens is 378 g/mol. The van der Waals surface area contributed by atoms with Crippen LogP contribution in [0, 0.1) is 6.92 Å². The zero-order valence-corrected chi connectivity index (χ0v) is 16.8. The van der Waals surface area contributed by atoms with E-state index in [2.05, 4.69) is 21.6 Å². The second-order valence-corrected chi connectivity index (χ2v) is 7.14. The van der Waals surface area contributed by atoms with Crippen LogP contribution < -0.4 is 10.1 Å². The number of nitrogens with one attached hydrogen (secondary N) is 2. The molecule has 0 saturated carbocycles. The van der Waals surface area contributed by atoms with E-state index in [1.54, 1.807) is 19.2 Å². The predicted molar refractivity (Wildman–Crippen MR) is 117 cm³/mol. The van der Waals surface area contributed by atoms with Crippen molar-refractivity contribution in [1.82, 2.24) is 15.5 Å². The highest BCUT2D eigenvalue weighted by Gasteiger charge is 2.16. The lowest BCUT2D eigenvalue weighted by Gasteiger charge is -2.18. The van der Waals surface area contributed by atoms with Crippen molar-refractivity contribution in [3.05, 3.63) is 83.6 Å². The normalized spacial score (nSPS) is 12.0. The molecule has 1 amide bonds. The molecule has 0 aliphatic carbocycles. The number of fused-ring (bicyclic) bond motifs is 1. The van der Waals surface area contributed by atoms with Crippen molar-refractivity contribution in [2.75, 3.05) is 13.7 Å². The van der Waals surface area contributed by atoms with Crippen LogP contribution in [0.5, 0.6) is 5.75 Å². The Morgan fingerprint density at radius 1 is 1.10 bits per heavy atom. The number of aromatic nitrogens is 2. The fourth-order valence-corrected chi connectivity index (χ4v) is 3.50. The Labute approximate surface area is 174 Å². The second-order valence-electron chi connectivity index (χ2n) is 7.14. The molecule has 0 unspecified atom stereocenters. The maximum Gasteiger partial charge on any atom is 0.251 e. The van der Waals surface area contributed by atoms with Crippen LogP contribution in [-0.2, 0) is 0 Å². The number of aliphatic hydroxyl groups excluding tert-OH is 1. The Kier molecular flexibility index (Phi) is 5.50. The van der Waals surface area contributed by atoms with E-state index in [-0.39, 0.29) is 12.5 Å². The average molecular weight is 401 g/mol. The van der Waals surface area contributed by atoms with Gasteiger partial charge < -0.3 is 15.2 Å². The summed E-state index contributed by atoms with van der Waals surface area (Å²) < 4.78 is 5.24. The number of benzene rings is 3. The summed E-state index contributed by atoms with van der Waals surface area (Å²) in [5.74, 6) is 0.423. The molecule has 6 nitrogen and oxygen atoms in total. The molecule has 1 heterocycles. The number of hydrogen-bond acceptors (Lipinski definition) is 4. The molecule has 0 radical (unpaired) electrons. The van der Waals surface area contributed by atoms with Gasteiger partial charge in [0.1, 0.15) is 5.75 Å². The van der Waals surface area contributed by atoms with Gasteiger partial charge in [-0.1, -0.05) is 30.3 Å². The topological polar surface area (TPSA) is 87.2 Å². The number of methoxy groups -OCH3 is 1. The highest BCUT2D eigenvalue weighted by molar-refractivity contribution is 5.96. The summed E-state index contributed by atoms with van der Waals surface area (Å²) in [6, 6.07) is 20.3. The largest absolute Gasteiger partial charge is 0.497 e. The van der Waals surface area contributed by atoms with E-state index in [1.807, 2.05) is 55.5 Å². The number of nitrogens with zero attached hydrogens (tertiary/aromatic N) is 1. The molecule has 152 valence electrons. The van der Waals surface area contributed by atoms with Crippen molar-refractivity contribution in [2.24, 2.45) is 0 Å². The Morgan fingerprint density at radius 2 is 1.90 bits per heavy atom. The van der Waals surface area contributed by atoms with Gasteiger partial charge in [-0.05, 0) is 60.0 Å². The number of aromatic amines is 1. The quantitative estimate of drug-likeness (QED) is 0.456. The van der Waals surface area contributed by atoms with Crippen LogP contribution >= 0.6 is 0 Å². The van der Waals surface area contributed by atoms with Gasteiger partial charge in [0.05, 0.1) is 31.0 Å². The molecular formula is C24H23N3O3. The van der Waals surface area contributed by atoms with Crippen molar-refractivity contribution in [2.45, 2.75) is 13.0 Å². The number of rotatable bonds is 6. The van der Waals surface area contributed by atoms with Crippen LogP contribution in [0.3, 0.4) is 0 Å². The standard InChI is InChI=1S/C24H23N3O3/c1-15-21-13-17(9-10-22(21)27-26-15)16-5-3-7-19(11-16)24(29)25-23(14-28)18-6-4-8-20(12-18)30-2/h3-13,23,28H,14H2,1-2H3,(H,25,29)(H,26,27)/t23-/m1/s1. The lowest BCUT2D eigenvalue weighted by Crippen LogP contribution is -2.30. The molecule has 0 aliphatic heterocycles. The van der Waals surface area contributed by atoms with Crippen molar-refractivity contribution in [1.29, 1.82) is 0 Å². The summed E-state index contributed by atoms with van der Waals surface area (Å²) in [5, 5.41) is 21.0. The van der Waals surface area contributed by atoms with Crippen molar-refractivity contribution in [3.63, 3.8) is 0 Å². The van der Waals surface area contributed by atoms with E-state index in [9.17, 15) is 9.90 Å². The van der Waals surface area contributed by atoms with E-state index >= 15 is 0 Å². The molecule has 0 fully saturated rings. The lowest BCUT2D eigenvalue weighted by atomic mass is 10.0. The first kappa shape index (κ1) is 19.7. The first-order valence-electron chi connectivity index (χ1n) is 9.70. The summed E-state index contributed by atoms with van der Waals surface area (Å²) >= 11 is 0.